The van der Waals surface area contributed by atoms with Gasteiger partial charge < -0.3 is 19.7 Å². The molecule has 1 amide bonds. The average molecular weight is 381 g/mol. The molecular weight excluding hydrogens is 352 g/mol. The smallest absolute Gasteiger partial charge is 0.229 e. The Balaban J connectivity index is 0.00000196. The van der Waals surface area contributed by atoms with Crippen LogP contribution in [0.1, 0.15) is 38.2 Å². The summed E-state index contributed by atoms with van der Waals surface area (Å²) in [7, 11) is 1.98. The second kappa shape index (κ2) is 8.05. The SMILES string of the molecule is CCOc1ccc2c(c1)CC(C(=O)N(C)C1CC3CCC(C1)N3)CO2.Cl. The van der Waals surface area contributed by atoms with Gasteiger partial charge in [-0.3, -0.25) is 4.79 Å². The molecule has 2 bridgehead atoms. The van der Waals surface area contributed by atoms with Gasteiger partial charge in [-0.25, -0.2) is 0 Å². The van der Waals surface area contributed by atoms with Crippen molar-refractivity contribution in [2.24, 2.45) is 5.92 Å². The minimum atomic E-state index is -0.0954. The molecule has 26 heavy (non-hydrogen) atoms. The Bertz CT molecular complexity index is 642. The van der Waals surface area contributed by atoms with Crippen molar-refractivity contribution in [1.82, 2.24) is 10.2 Å². The van der Waals surface area contributed by atoms with Gasteiger partial charge in [0.2, 0.25) is 5.91 Å². The lowest BCUT2D eigenvalue weighted by atomic mass is 9.93. The first-order chi connectivity index (χ1) is 12.1. The molecule has 0 aromatic heterocycles. The van der Waals surface area contributed by atoms with Crippen LogP contribution in [0.25, 0.3) is 0 Å². The Labute approximate surface area is 161 Å². The van der Waals surface area contributed by atoms with Crippen molar-refractivity contribution in [3.63, 3.8) is 0 Å². The van der Waals surface area contributed by atoms with Gasteiger partial charge in [0.05, 0.1) is 12.5 Å². The van der Waals surface area contributed by atoms with Gasteiger partial charge in [0.15, 0.2) is 0 Å². The molecule has 1 aromatic rings. The zero-order chi connectivity index (χ0) is 17.4. The highest BCUT2D eigenvalue weighted by atomic mass is 35.5. The molecule has 1 aromatic carbocycles. The fourth-order valence-electron chi connectivity index (χ4n) is 4.60. The first-order valence-electron chi connectivity index (χ1n) is 9.55. The van der Waals surface area contributed by atoms with Crippen molar-refractivity contribution in [1.29, 1.82) is 0 Å². The minimum absolute atomic E-state index is 0. The average Bonchev–Trinajstić information content (AvgIpc) is 2.98. The zero-order valence-corrected chi connectivity index (χ0v) is 16.4. The number of hydrogen-bond acceptors (Lipinski definition) is 4. The van der Waals surface area contributed by atoms with Gasteiger partial charge in [-0.1, -0.05) is 0 Å². The monoisotopic (exact) mass is 380 g/mol. The summed E-state index contributed by atoms with van der Waals surface area (Å²) in [5, 5.41) is 3.65. The number of piperidine rings is 1. The van der Waals surface area contributed by atoms with Crippen LogP contribution in [-0.4, -0.2) is 49.2 Å². The summed E-state index contributed by atoms with van der Waals surface area (Å²) in [4.78, 5) is 15.0. The Morgan fingerprint density at radius 2 is 2.04 bits per heavy atom. The number of halogens is 1. The van der Waals surface area contributed by atoms with Gasteiger partial charge in [0.25, 0.3) is 0 Å². The van der Waals surface area contributed by atoms with Crippen LogP contribution >= 0.6 is 12.4 Å². The third-order valence-corrected chi connectivity index (χ3v) is 5.94. The molecule has 0 saturated carbocycles. The van der Waals surface area contributed by atoms with Crippen LogP contribution in [0.5, 0.6) is 11.5 Å². The van der Waals surface area contributed by atoms with E-state index >= 15 is 0 Å². The van der Waals surface area contributed by atoms with Crippen molar-refractivity contribution in [3.05, 3.63) is 23.8 Å². The molecular formula is C20H29ClN2O3. The lowest BCUT2D eigenvalue weighted by molar-refractivity contribution is -0.138. The highest BCUT2D eigenvalue weighted by Gasteiger charge is 2.38. The molecule has 4 rings (SSSR count). The van der Waals surface area contributed by atoms with Gasteiger partial charge >= 0.3 is 0 Å². The van der Waals surface area contributed by atoms with Gasteiger partial charge in [0, 0.05) is 25.2 Å². The van der Waals surface area contributed by atoms with Crippen LogP contribution in [0.4, 0.5) is 0 Å². The van der Waals surface area contributed by atoms with E-state index in [2.05, 4.69) is 5.32 Å². The van der Waals surface area contributed by atoms with E-state index in [1.807, 2.05) is 37.1 Å². The van der Waals surface area contributed by atoms with E-state index in [9.17, 15) is 4.79 Å². The number of nitrogens with zero attached hydrogens (tertiary/aromatic N) is 1. The summed E-state index contributed by atoms with van der Waals surface area (Å²) < 4.78 is 11.5. The summed E-state index contributed by atoms with van der Waals surface area (Å²) in [6.07, 6.45) is 5.40. The Hall–Kier alpha value is -1.46. The van der Waals surface area contributed by atoms with Gasteiger partial charge in [-0.2, -0.15) is 0 Å². The predicted molar refractivity (Wildman–Crippen MR) is 103 cm³/mol. The number of carbonyl (C=O) groups excluding carboxylic acids is 1. The molecule has 5 nitrogen and oxygen atoms in total. The lowest BCUT2D eigenvalue weighted by Crippen LogP contribution is -2.51. The molecule has 3 atom stereocenters. The van der Waals surface area contributed by atoms with E-state index < -0.39 is 0 Å². The van der Waals surface area contributed by atoms with Crippen LogP contribution in [0.2, 0.25) is 0 Å². The van der Waals surface area contributed by atoms with Crippen LogP contribution in [-0.2, 0) is 11.2 Å². The molecule has 3 unspecified atom stereocenters. The van der Waals surface area contributed by atoms with Crippen molar-refractivity contribution < 1.29 is 14.3 Å². The molecule has 2 fully saturated rings. The van der Waals surface area contributed by atoms with E-state index in [1.165, 1.54) is 12.8 Å². The maximum Gasteiger partial charge on any atom is 0.229 e. The Morgan fingerprint density at radius 3 is 2.73 bits per heavy atom. The quantitative estimate of drug-likeness (QED) is 0.872. The number of fused-ring (bicyclic) bond motifs is 3. The van der Waals surface area contributed by atoms with Crippen LogP contribution in [0.3, 0.4) is 0 Å². The minimum Gasteiger partial charge on any atom is -0.494 e. The number of ether oxygens (including phenoxy) is 2. The molecule has 0 spiro atoms. The molecule has 3 aliphatic rings. The summed E-state index contributed by atoms with van der Waals surface area (Å²) in [5.74, 6) is 1.86. The van der Waals surface area contributed by atoms with Gasteiger partial charge in [-0.15, -0.1) is 12.4 Å². The topological polar surface area (TPSA) is 50.8 Å². The summed E-state index contributed by atoms with van der Waals surface area (Å²) in [5.41, 5.74) is 1.08. The predicted octanol–water partition coefficient (Wildman–Crippen LogP) is 2.80. The number of carbonyl (C=O) groups is 1. The maximum atomic E-state index is 13.0. The summed E-state index contributed by atoms with van der Waals surface area (Å²) in [6, 6.07) is 7.45. The second-order valence-corrected chi connectivity index (χ2v) is 7.63. The normalized spacial score (nSPS) is 29.2. The third kappa shape index (κ3) is 3.79. The van der Waals surface area contributed by atoms with Crippen LogP contribution in [0.15, 0.2) is 18.2 Å². The van der Waals surface area contributed by atoms with E-state index in [-0.39, 0.29) is 24.2 Å². The van der Waals surface area contributed by atoms with Crippen molar-refractivity contribution in [2.75, 3.05) is 20.3 Å². The highest BCUT2D eigenvalue weighted by molar-refractivity contribution is 5.85. The molecule has 0 aliphatic carbocycles. The van der Waals surface area contributed by atoms with E-state index in [1.54, 1.807) is 0 Å². The van der Waals surface area contributed by atoms with Gasteiger partial charge in [0.1, 0.15) is 18.1 Å². The van der Waals surface area contributed by atoms with Crippen molar-refractivity contribution in [2.45, 2.75) is 57.2 Å². The first-order valence-corrected chi connectivity index (χ1v) is 9.55. The van der Waals surface area contributed by atoms with E-state index in [4.69, 9.17) is 9.47 Å². The lowest BCUT2D eigenvalue weighted by Gasteiger charge is -2.38. The van der Waals surface area contributed by atoms with Crippen LogP contribution < -0.4 is 14.8 Å². The molecule has 0 radical (unpaired) electrons. The molecule has 1 N–H and O–H groups in total. The molecule has 2 saturated heterocycles. The Kier molecular flexibility index (Phi) is 5.98. The fourth-order valence-corrected chi connectivity index (χ4v) is 4.60. The van der Waals surface area contributed by atoms with E-state index in [0.717, 1.165) is 36.3 Å². The third-order valence-electron chi connectivity index (χ3n) is 5.94. The summed E-state index contributed by atoms with van der Waals surface area (Å²) >= 11 is 0. The number of hydrogen-bond donors (Lipinski definition) is 1. The molecule has 3 heterocycles. The standard InChI is InChI=1S/C20H28N2O3.ClH/c1-3-24-18-6-7-19-13(9-18)8-14(12-25-19)20(23)22(2)17-10-15-4-5-16(11-17)21-15;/h6-7,9,14-17,21H,3-5,8,10-12H2,1-2H3;1H. The Morgan fingerprint density at radius 1 is 1.31 bits per heavy atom. The van der Waals surface area contributed by atoms with Crippen molar-refractivity contribution in [3.8, 4) is 11.5 Å². The largest absolute Gasteiger partial charge is 0.494 e. The number of nitrogens with one attached hydrogen (secondary N) is 1. The first kappa shape index (κ1) is 19.3. The zero-order valence-electron chi connectivity index (χ0n) is 15.6. The second-order valence-electron chi connectivity index (χ2n) is 7.63. The van der Waals surface area contributed by atoms with Crippen molar-refractivity contribution >= 4 is 18.3 Å². The molecule has 144 valence electrons. The maximum absolute atomic E-state index is 13.0. The van der Waals surface area contributed by atoms with Gasteiger partial charge in [-0.05, 0) is 62.8 Å². The fraction of sp³-hybridized carbons (Fsp3) is 0.650. The summed E-state index contributed by atoms with van der Waals surface area (Å²) in [6.45, 7) is 3.09. The number of amides is 1. The highest BCUT2D eigenvalue weighted by Crippen LogP contribution is 2.33. The van der Waals surface area contributed by atoms with Crippen LogP contribution in [0, 0.1) is 5.92 Å². The molecule has 3 aliphatic heterocycles. The van der Waals surface area contributed by atoms with E-state index in [0.29, 0.717) is 31.3 Å². The number of benzene rings is 1. The molecule has 6 heteroatoms. The number of rotatable bonds is 4.